The summed E-state index contributed by atoms with van der Waals surface area (Å²) in [6, 6.07) is 4.09. The maximum atomic E-state index is 11.2. The van der Waals surface area contributed by atoms with E-state index in [9.17, 15) is 9.90 Å². The van der Waals surface area contributed by atoms with Crippen LogP contribution in [0.4, 0.5) is 0 Å². The maximum absolute atomic E-state index is 11.2. The first kappa shape index (κ1) is 10.6. The fourth-order valence-electron chi connectivity index (χ4n) is 1.36. The van der Waals surface area contributed by atoms with Gasteiger partial charge in [-0.1, -0.05) is 0 Å². The van der Waals surface area contributed by atoms with E-state index in [4.69, 9.17) is 9.95 Å². The lowest BCUT2D eigenvalue weighted by Crippen LogP contribution is -2.00. The first-order chi connectivity index (χ1) is 7.61. The van der Waals surface area contributed by atoms with E-state index in [-0.39, 0.29) is 11.3 Å². The average molecular weight is 281 g/mol. The van der Waals surface area contributed by atoms with Gasteiger partial charge in [0, 0.05) is 17.5 Å². The van der Waals surface area contributed by atoms with E-state index in [2.05, 4.69) is 20.7 Å². The van der Waals surface area contributed by atoms with Gasteiger partial charge in [-0.3, -0.25) is 0 Å². The van der Waals surface area contributed by atoms with E-state index < -0.39 is 5.63 Å². The Morgan fingerprint density at radius 3 is 2.88 bits per heavy atom. The Bertz CT molecular complexity index is 672. The summed E-state index contributed by atoms with van der Waals surface area (Å²) in [4.78, 5) is 14.0. The standard InChI is InChI=1S/C10H5BrN2O3/c11-7-2-6-5(4-13-12)1-10(15)16-9(6)3-8(7)14/h1-4,14H. The van der Waals surface area contributed by atoms with Crippen molar-refractivity contribution in [3.63, 3.8) is 0 Å². The minimum absolute atomic E-state index is 0.0336. The Morgan fingerprint density at radius 1 is 1.44 bits per heavy atom. The molecule has 1 heterocycles. The number of phenols is 1. The number of fused-ring (bicyclic) bond motifs is 1. The van der Waals surface area contributed by atoms with Crippen LogP contribution in [0, 0.1) is 0 Å². The van der Waals surface area contributed by atoms with Crippen LogP contribution in [0.2, 0.25) is 0 Å². The van der Waals surface area contributed by atoms with E-state index in [1.54, 1.807) is 6.07 Å². The van der Waals surface area contributed by atoms with Crippen LogP contribution in [0.1, 0.15) is 5.56 Å². The second kappa shape index (κ2) is 3.92. The Labute approximate surface area is 97.7 Å². The molecule has 2 aromatic rings. The number of benzene rings is 1. The van der Waals surface area contributed by atoms with Gasteiger partial charge < -0.3 is 15.1 Å². The zero-order chi connectivity index (χ0) is 11.7. The highest BCUT2D eigenvalue weighted by Gasteiger charge is 2.09. The van der Waals surface area contributed by atoms with E-state index in [1.807, 2.05) is 0 Å². The van der Waals surface area contributed by atoms with Crippen LogP contribution in [-0.4, -0.2) is 16.1 Å². The van der Waals surface area contributed by atoms with Crippen LogP contribution >= 0.6 is 15.9 Å². The van der Waals surface area contributed by atoms with Crippen LogP contribution in [0.25, 0.3) is 16.5 Å². The monoisotopic (exact) mass is 280 g/mol. The van der Waals surface area contributed by atoms with E-state index in [1.165, 1.54) is 12.1 Å². The highest BCUT2D eigenvalue weighted by molar-refractivity contribution is 9.10. The van der Waals surface area contributed by atoms with Crippen molar-refractivity contribution >= 4 is 33.1 Å². The molecule has 16 heavy (non-hydrogen) atoms. The molecule has 0 amide bonds. The summed E-state index contributed by atoms with van der Waals surface area (Å²) in [6.45, 7) is 0. The summed E-state index contributed by atoms with van der Waals surface area (Å²) in [6.07, 6.45) is 1.13. The van der Waals surface area contributed by atoms with Gasteiger partial charge in [0.25, 0.3) is 6.21 Å². The van der Waals surface area contributed by atoms with Crippen molar-refractivity contribution in [3.05, 3.63) is 44.2 Å². The summed E-state index contributed by atoms with van der Waals surface area (Å²) in [5.74, 6) is -0.0336. The molecule has 80 valence electrons. The van der Waals surface area contributed by atoms with Gasteiger partial charge in [-0.2, -0.15) is 4.79 Å². The molecule has 1 aromatic carbocycles. The average Bonchev–Trinajstić information content (AvgIpc) is 2.21. The summed E-state index contributed by atoms with van der Waals surface area (Å²) in [5, 5.41) is 9.99. The van der Waals surface area contributed by atoms with Gasteiger partial charge in [-0.25, -0.2) is 4.79 Å². The van der Waals surface area contributed by atoms with Gasteiger partial charge in [-0.05, 0) is 22.0 Å². The van der Waals surface area contributed by atoms with Gasteiger partial charge in [0.2, 0.25) is 0 Å². The molecule has 0 saturated carbocycles. The predicted molar refractivity (Wildman–Crippen MR) is 60.6 cm³/mol. The summed E-state index contributed by atoms with van der Waals surface area (Å²) in [5.41, 5.74) is 8.53. The van der Waals surface area contributed by atoms with Crippen LogP contribution < -0.4 is 5.63 Å². The van der Waals surface area contributed by atoms with Crippen molar-refractivity contribution < 1.29 is 14.3 Å². The van der Waals surface area contributed by atoms with E-state index >= 15 is 0 Å². The summed E-state index contributed by atoms with van der Waals surface area (Å²) in [7, 11) is 0. The van der Waals surface area contributed by atoms with Crippen LogP contribution in [0.15, 0.2) is 31.9 Å². The molecule has 1 N–H and O–H groups in total. The Morgan fingerprint density at radius 2 is 2.19 bits per heavy atom. The molecule has 0 atom stereocenters. The molecule has 0 unspecified atom stereocenters. The summed E-state index contributed by atoms with van der Waals surface area (Å²) >= 11 is 3.14. The molecule has 5 nitrogen and oxygen atoms in total. The van der Waals surface area contributed by atoms with Crippen LogP contribution in [-0.2, 0) is 0 Å². The molecular weight excluding hydrogens is 276 g/mol. The topological polar surface area (TPSA) is 86.8 Å². The molecule has 0 bridgehead atoms. The quantitative estimate of drug-likeness (QED) is 0.375. The molecule has 0 radical (unpaired) electrons. The Kier molecular flexibility index (Phi) is 2.60. The molecular formula is C10H5BrN2O3. The molecule has 0 spiro atoms. The van der Waals surface area contributed by atoms with Crippen molar-refractivity contribution in [2.45, 2.75) is 0 Å². The number of hydrogen-bond acceptors (Lipinski definition) is 3. The first-order valence-corrected chi connectivity index (χ1v) is 5.05. The van der Waals surface area contributed by atoms with Gasteiger partial charge in [0.15, 0.2) is 0 Å². The highest BCUT2D eigenvalue weighted by atomic mass is 79.9. The minimum Gasteiger partial charge on any atom is -0.507 e. The molecule has 0 fully saturated rings. The number of nitrogens with zero attached hydrogens (tertiary/aromatic N) is 2. The smallest absolute Gasteiger partial charge is 0.337 e. The lowest BCUT2D eigenvalue weighted by Gasteiger charge is -2.01. The second-order valence-corrected chi connectivity index (χ2v) is 3.92. The second-order valence-electron chi connectivity index (χ2n) is 3.07. The van der Waals surface area contributed by atoms with Crippen molar-refractivity contribution in [1.29, 1.82) is 0 Å². The van der Waals surface area contributed by atoms with E-state index in [0.717, 1.165) is 6.21 Å². The van der Waals surface area contributed by atoms with Crippen molar-refractivity contribution in [3.8, 4) is 5.75 Å². The van der Waals surface area contributed by atoms with Crippen molar-refractivity contribution in [2.75, 3.05) is 0 Å². The van der Waals surface area contributed by atoms with Crippen LogP contribution in [0.5, 0.6) is 5.75 Å². The van der Waals surface area contributed by atoms with Crippen LogP contribution in [0.3, 0.4) is 0 Å². The molecule has 1 aromatic heterocycles. The lowest BCUT2D eigenvalue weighted by atomic mass is 10.1. The number of rotatable bonds is 1. The lowest BCUT2D eigenvalue weighted by molar-refractivity contribution is 0.00463. The number of aromatic hydroxyl groups is 1. The third-order valence-electron chi connectivity index (χ3n) is 2.04. The zero-order valence-electron chi connectivity index (χ0n) is 7.85. The van der Waals surface area contributed by atoms with Crippen molar-refractivity contribution in [2.24, 2.45) is 0 Å². The fourth-order valence-corrected chi connectivity index (χ4v) is 1.71. The molecule has 2 rings (SSSR count). The number of halogens is 1. The Hall–Kier alpha value is -1.91. The van der Waals surface area contributed by atoms with Crippen molar-refractivity contribution in [1.82, 2.24) is 0 Å². The number of hydrogen-bond donors (Lipinski definition) is 1. The molecule has 6 heteroatoms. The SMILES string of the molecule is [N-]=[N+]=Cc1cc(=O)oc2cc(O)c(Br)cc12. The molecule has 0 saturated heterocycles. The molecule has 0 aliphatic rings. The van der Waals surface area contributed by atoms with Gasteiger partial charge in [-0.15, -0.1) is 0 Å². The Balaban J connectivity index is 2.95. The molecule has 0 aliphatic heterocycles. The summed E-state index contributed by atoms with van der Waals surface area (Å²) < 4.78 is 5.36. The third-order valence-corrected chi connectivity index (χ3v) is 2.68. The normalized spacial score (nSPS) is 10.1. The number of phenolic OH excluding ortho intramolecular Hbond substituents is 1. The van der Waals surface area contributed by atoms with Gasteiger partial charge in [0.05, 0.1) is 10.0 Å². The maximum Gasteiger partial charge on any atom is 0.337 e. The first-order valence-electron chi connectivity index (χ1n) is 4.25. The predicted octanol–water partition coefficient (Wildman–Crippen LogP) is 1.91. The minimum atomic E-state index is -0.580. The fraction of sp³-hybridized carbons (Fsp3) is 0. The zero-order valence-corrected chi connectivity index (χ0v) is 9.43. The largest absolute Gasteiger partial charge is 0.507 e. The third kappa shape index (κ3) is 1.76. The molecule has 0 aliphatic carbocycles. The van der Waals surface area contributed by atoms with Gasteiger partial charge in [0.1, 0.15) is 11.3 Å². The van der Waals surface area contributed by atoms with E-state index in [0.29, 0.717) is 15.4 Å². The highest BCUT2D eigenvalue weighted by Crippen LogP contribution is 2.29. The van der Waals surface area contributed by atoms with Gasteiger partial charge >= 0.3 is 5.63 Å².